The summed E-state index contributed by atoms with van der Waals surface area (Å²) in [6.45, 7) is 0.0712. The first-order chi connectivity index (χ1) is 8.13. The second-order valence-electron chi connectivity index (χ2n) is 4.31. The van der Waals surface area contributed by atoms with Gasteiger partial charge in [0.15, 0.2) is 5.82 Å². The van der Waals surface area contributed by atoms with Crippen LogP contribution in [0, 0.1) is 11.7 Å². The minimum Gasteiger partial charge on any atom is -0.479 e. The highest BCUT2D eigenvalue weighted by molar-refractivity contribution is 5.31. The Morgan fingerprint density at radius 3 is 2.76 bits per heavy atom. The molecule has 1 aliphatic carbocycles. The second-order valence-corrected chi connectivity index (χ2v) is 4.31. The standard InChI is InChI=1S/C12H16FNO3/c1-16-7-12(15,8-3-4-8)9-5-6-14-11(17-2)10(9)13/h5-6,8,15H,3-4,7H2,1-2H3. The van der Waals surface area contributed by atoms with Crippen LogP contribution in [0.3, 0.4) is 0 Å². The summed E-state index contributed by atoms with van der Waals surface area (Å²) < 4.78 is 23.9. The van der Waals surface area contributed by atoms with Gasteiger partial charge in [-0.2, -0.15) is 0 Å². The Bertz CT molecular complexity index is 409. The first-order valence-electron chi connectivity index (χ1n) is 5.53. The molecule has 5 heteroatoms. The van der Waals surface area contributed by atoms with Gasteiger partial charge in [-0.3, -0.25) is 0 Å². The van der Waals surface area contributed by atoms with Crippen molar-refractivity contribution >= 4 is 0 Å². The van der Waals surface area contributed by atoms with Gasteiger partial charge in [0.2, 0.25) is 5.88 Å². The maximum Gasteiger partial charge on any atom is 0.250 e. The van der Waals surface area contributed by atoms with Crippen molar-refractivity contribution in [3.05, 3.63) is 23.6 Å². The number of methoxy groups -OCH3 is 2. The molecule has 1 atom stereocenters. The van der Waals surface area contributed by atoms with Crippen LogP contribution >= 0.6 is 0 Å². The van der Waals surface area contributed by atoms with E-state index < -0.39 is 11.4 Å². The zero-order valence-electron chi connectivity index (χ0n) is 9.94. The molecule has 1 unspecified atom stereocenters. The van der Waals surface area contributed by atoms with E-state index in [-0.39, 0.29) is 24.0 Å². The van der Waals surface area contributed by atoms with Gasteiger partial charge in [0.05, 0.1) is 13.7 Å². The minimum atomic E-state index is -1.28. The monoisotopic (exact) mass is 241 g/mol. The molecule has 94 valence electrons. The number of nitrogens with zero attached hydrogens (tertiary/aromatic N) is 1. The molecule has 1 aliphatic rings. The third kappa shape index (κ3) is 2.12. The molecule has 0 radical (unpaired) electrons. The number of ether oxygens (including phenoxy) is 2. The summed E-state index contributed by atoms with van der Waals surface area (Å²) in [5.41, 5.74) is -1.08. The summed E-state index contributed by atoms with van der Waals surface area (Å²) in [5.74, 6) is -0.664. The van der Waals surface area contributed by atoms with Gasteiger partial charge in [0, 0.05) is 18.9 Å². The van der Waals surface area contributed by atoms with Crippen LogP contribution in [0.5, 0.6) is 5.88 Å². The minimum absolute atomic E-state index is 0.0454. The number of hydrogen-bond donors (Lipinski definition) is 1. The Labute approximate surface area is 99.4 Å². The molecule has 4 nitrogen and oxygen atoms in total. The molecular weight excluding hydrogens is 225 g/mol. The lowest BCUT2D eigenvalue weighted by Crippen LogP contribution is -2.35. The quantitative estimate of drug-likeness (QED) is 0.848. The van der Waals surface area contributed by atoms with Gasteiger partial charge in [-0.25, -0.2) is 9.37 Å². The molecule has 1 saturated carbocycles. The summed E-state index contributed by atoms with van der Waals surface area (Å²) in [7, 11) is 2.84. The largest absolute Gasteiger partial charge is 0.479 e. The third-order valence-electron chi connectivity index (χ3n) is 3.13. The van der Waals surface area contributed by atoms with E-state index in [2.05, 4.69) is 4.98 Å². The SMILES string of the molecule is COCC(O)(c1ccnc(OC)c1F)C1CC1. The van der Waals surface area contributed by atoms with Crippen LogP contribution in [0.15, 0.2) is 12.3 Å². The summed E-state index contributed by atoms with van der Waals surface area (Å²) in [4.78, 5) is 3.76. The first kappa shape index (κ1) is 12.3. The zero-order chi connectivity index (χ0) is 12.5. The van der Waals surface area contributed by atoms with E-state index in [1.54, 1.807) is 0 Å². The highest BCUT2D eigenvalue weighted by atomic mass is 19.1. The number of aromatic nitrogens is 1. The number of hydrogen-bond acceptors (Lipinski definition) is 4. The van der Waals surface area contributed by atoms with Gasteiger partial charge < -0.3 is 14.6 Å². The zero-order valence-corrected chi connectivity index (χ0v) is 9.94. The topological polar surface area (TPSA) is 51.6 Å². The fourth-order valence-electron chi connectivity index (χ4n) is 2.10. The predicted octanol–water partition coefficient (Wildman–Crippen LogP) is 1.47. The maximum absolute atomic E-state index is 14.1. The van der Waals surface area contributed by atoms with Crippen LogP contribution in [-0.4, -0.2) is 30.9 Å². The van der Waals surface area contributed by atoms with Crippen molar-refractivity contribution in [3.8, 4) is 5.88 Å². The first-order valence-corrected chi connectivity index (χ1v) is 5.53. The number of pyridine rings is 1. The molecule has 0 aromatic carbocycles. The molecule has 0 aliphatic heterocycles. The lowest BCUT2D eigenvalue weighted by Gasteiger charge is -2.28. The van der Waals surface area contributed by atoms with Crippen LogP contribution in [0.4, 0.5) is 4.39 Å². The summed E-state index contributed by atoms with van der Waals surface area (Å²) in [6, 6.07) is 1.48. The van der Waals surface area contributed by atoms with E-state index in [4.69, 9.17) is 9.47 Å². The van der Waals surface area contributed by atoms with Crippen LogP contribution in [0.2, 0.25) is 0 Å². The lowest BCUT2D eigenvalue weighted by molar-refractivity contribution is -0.0559. The van der Waals surface area contributed by atoms with E-state index in [0.29, 0.717) is 0 Å². The maximum atomic E-state index is 14.1. The van der Waals surface area contributed by atoms with E-state index >= 15 is 0 Å². The summed E-state index contributed by atoms with van der Waals surface area (Å²) in [6.07, 6.45) is 3.19. The summed E-state index contributed by atoms with van der Waals surface area (Å²) >= 11 is 0. The van der Waals surface area contributed by atoms with Gasteiger partial charge in [0.1, 0.15) is 5.60 Å². The molecule has 1 fully saturated rings. The van der Waals surface area contributed by atoms with Gasteiger partial charge >= 0.3 is 0 Å². The molecule has 1 aromatic rings. The molecule has 17 heavy (non-hydrogen) atoms. The number of aliphatic hydroxyl groups is 1. The van der Waals surface area contributed by atoms with E-state index in [1.165, 1.54) is 26.5 Å². The molecule has 0 saturated heterocycles. The van der Waals surface area contributed by atoms with E-state index in [9.17, 15) is 9.50 Å². The summed E-state index contributed by atoms with van der Waals surface area (Å²) in [5, 5.41) is 10.6. The Morgan fingerprint density at radius 1 is 1.53 bits per heavy atom. The van der Waals surface area contributed by atoms with Crippen LogP contribution in [0.25, 0.3) is 0 Å². The van der Waals surface area contributed by atoms with Gasteiger partial charge in [-0.05, 0) is 24.8 Å². The van der Waals surface area contributed by atoms with E-state index in [1.807, 2.05) is 0 Å². The number of halogens is 1. The number of rotatable bonds is 5. The Balaban J connectivity index is 2.42. The van der Waals surface area contributed by atoms with Crippen molar-refractivity contribution in [2.45, 2.75) is 18.4 Å². The average Bonchev–Trinajstić information content (AvgIpc) is 3.13. The van der Waals surface area contributed by atoms with Crippen molar-refractivity contribution in [3.63, 3.8) is 0 Å². The Kier molecular flexibility index (Phi) is 3.31. The van der Waals surface area contributed by atoms with Gasteiger partial charge in [0.25, 0.3) is 0 Å². The van der Waals surface area contributed by atoms with Gasteiger partial charge in [-0.1, -0.05) is 0 Å². The van der Waals surface area contributed by atoms with E-state index in [0.717, 1.165) is 12.8 Å². The van der Waals surface area contributed by atoms with Crippen molar-refractivity contribution in [2.24, 2.45) is 5.92 Å². The molecule has 1 heterocycles. The molecule has 1 N–H and O–H groups in total. The molecule has 0 bridgehead atoms. The van der Waals surface area contributed by atoms with Crippen molar-refractivity contribution in [2.75, 3.05) is 20.8 Å². The third-order valence-corrected chi connectivity index (χ3v) is 3.13. The molecule has 2 rings (SSSR count). The van der Waals surface area contributed by atoms with Crippen molar-refractivity contribution < 1.29 is 19.0 Å². The van der Waals surface area contributed by atoms with Crippen LogP contribution in [-0.2, 0) is 10.3 Å². The normalized spacial score (nSPS) is 18.8. The average molecular weight is 241 g/mol. The molecular formula is C12H16FNO3. The van der Waals surface area contributed by atoms with Crippen molar-refractivity contribution in [1.82, 2.24) is 4.98 Å². The lowest BCUT2D eigenvalue weighted by atomic mass is 9.90. The van der Waals surface area contributed by atoms with Crippen molar-refractivity contribution in [1.29, 1.82) is 0 Å². The highest BCUT2D eigenvalue weighted by Gasteiger charge is 2.47. The smallest absolute Gasteiger partial charge is 0.250 e. The molecule has 0 amide bonds. The van der Waals surface area contributed by atoms with Gasteiger partial charge in [-0.15, -0.1) is 0 Å². The fraction of sp³-hybridized carbons (Fsp3) is 0.583. The Hall–Kier alpha value is -1.20. The Morgan fingerprint density at radius 2 is 2.24 bits per heavy atom. The van der Waals surface area contributed by atoms with Crippen LogP contribution in [0.1, 0.15) is 18.4 Å². The highest BCUT2D eigenvalue weighted by Crippen LogP contribution is 2.47. The predicted molar refractivity (Wildman–Crippen MR) is 59.2 cm³/mol. The fourth-order valence-corrected chi connectivity index (χ4v) is 2.10. The van der Waals surface area contributed by atoms with Crippen LogP contribution < -0.4 is 4.74 Å². The molecule has 0 spiro atoms. The molecule has 1 aromatic heterocycles. The second kappa shape index (κ2) is 4.58.